The first kappa shape index (κ1) is 18.7. The van der Waals surface area contributed by atoms with Gasteiger partial charge in [0.15, 0.2) is 6.10 Å². The molecule has 2 aromatic carbocycles. The lowest BCUT2D eigenvalue weighted by atomic mass is 10.1. The van der Waals surface area contributed by atoms with Crippen molar-refractivity contribution in [3.8, 4) is 5.75 Å². The van der Waals surface area contributed by atoms with Crippen LogP contribution < -0.4 is 20.3 Å². The van der Waals surface area contributed by atoms with Crippen molar-refractivity contribution >= 4 is 28.9 Å². The first-order valence-electron chi connectivity index (χ1n) is 9.32. The van der Waals surface area contributed by atoms with Gasteiger partial charge in [0.2, 0.25) is 0 Å². The SMILES string of the molecule is CNC(=O)[C@H]1CN(C(=O)c2ccc(NC3CC3)c([N+](=O)[O-])c2)c2ccccc2O1. The Morgan fingerprint density at radius 2 is 1.97 bits per heavy atom. The van der Waals surface area contributed by atoms with Gasteiger partial charge in [0, 0.05) is 24.7 Å². The van der Waals surface area contributed by atoms with Crippen LogP contribution in [0, 0.1) is 10.1 Å². The minimum atomic E-state index is -0.871. The van der Waals surface area contributed by atoms with Crippen molar-refractivity contribution in [2.24, 2.45) is 0 Å². The van der Waals surface area contributed by atoms with Gasteiger partial charge in [-0.05, 0) is 37.1 Å². The Hall–Kier alpha value is -3.62. The van der Waals surface area contributed by atoms with Crippen molar-refractivity contribution in [2.45, 2.75) is 25.0 Å². The molecule has 29 heavy (non-hydrogen) atoms. The highest BCUT2D eigenvalue weighted by Crippen LogP contribution is 2.36. The smallest absolute Gasteiger partial charge is 0.293 e. The summed E-state index contributed by atoms with van der Waals surface area (Å²) >= 11 is 0. The van der Waals surface area contributed by atoms with Crippen LogP contribution in [0.2, 0.25) is 0 Å². The number of nitro groups is 1. The van der Waals surface area contributed by atoms with Crippen molar-refractivity contribution in [2.75, 3.05) is 23.8 Å². The maximum Gasteiger partial charge on any atom is 0.293 e. The van der Waals surface area contributed by atoms with Crippen LogP contribution in [0.1, 0.15) is 23.2 Å². The largest absolute Gasteiger partial charge is 0.477 e. The molecule has 0 saturated heterocycles. The molecule has 0 unspecified atom stereocenters. The average molecular weight is 396 g/mol. The zero-order chi connectivity index (χ0) is 20.5. The third-order valence-corrected chi connectivity index (χ3v) is 4.94. The number of benzene rings is 2. The lowest BCUT2D eigenvalue weighted by Crippen LogP contribution is -2.50. The number of amides is 2. The number of nitrogens with one attached hydrogen (secondary N) is 2. The fourth-order valence-corrected chi connectivity index (χ4v) is 3.27. The number of hydrogen-bond acceptors (Lipinski definition) is 6. The van der Waals surface area contributed by atoms with Crippen LogP contribution in [-0.4, -0.2) is 42.5 Å². The Morgan fingerprint density at radius 1 is 1.21 bits per heavy atom. The van der Waals surface area contributed by atoms with Crippen molar-refractivity contribution in [1.82, 2.24) is 5.32 Å². The number of nitro benzene ring substituents is 1. The molecule has 1 aliphatic carbocycles. The van der Waals surface area contributed by atoms with Crippen LogP contribution in [-0.2, 0) is 4.79 Å². The number of hydrogen-bond donors (Lipinski definition) is 2. The van der Waals surface area contributed by atoms with Gasteiger partial charge in [-0.25, -0.2) is 0 Å². The molecule has 1 fully saturated rings. The fraction of sp³-hybridized carbons (Fsp3) is 0.300. The molecule has 2 aliphatic rings. The summed E-state index contributed by atoms with van der Waals surface area (Å²) in [6.07, 6.45) is 1.08. The molecule has 1 saturated carbocycles. The van der Waals surface area contributed by atoms with Gasteiger partial charge in [0.1, 0.15) is 11.4 Å². The molecular weight excluding hydrogens is 376 g/mol. The van der Waals surface area contributed by atoms with Crippen molar-refractivity contribution in [3.05, 3.63) is 58.1 Å². The number of ether oxygens (including phenoxy) is 1. The Labute approximate surface area is 166 Å². The summed E-state index contributed by atoms with van der Waals surface area (Å²) in [7, 11) is 1.49. The molecule has 9 nitrogen and oxygen atoms in total. The molecule has 0 spiro atoms. The first-order chi connectivity index (χ1) is 14.0. The zero-order valence-electron chi connectivity index (χ0n) is 15.8. The number of para-hydroxylation sites is 2. The monoisotopic (exact) mass is 396 g/mol. The van der Waals surface area contributed by atoms with E-state index in [1.807, 2.05) is 0 Å². The number of fused-ring (bicyclic) bond motifs is 1. The van der Waals surface area contributed by atoms with E-state index in [1.165, 1.54) is 18.0 Å². The standard InChI is InChI=1S/C20H20N4O5/c1-21-19(25)18-11-23(15-4-2-3-5-17(15)29-18)20(26)12-6-9-14(22-13-7-8-13)16(10-12)24(27)28/h2-6,9-10,13,18,22H,7-8,11H2,1H3,(H,21,25)/t18-/m1/s1. The van der Waals surface area contributed by atoms with Gasteiger partial charge in [0.05, 0.1) is 17.2 Å². The summed E-state index contributed by atoms with van der Waals surface area (Å²) in [6, 6.07) is 11.5. The predicted octanol–water partition coefficient (Wildman–Crippen LogP) is 2.32. The first-order valence-corrected chi connectivity index (χ1v) is 9.32. The Morgan fingerprint density at radius 3 is 2.66 bits per heavy atom. The van der Waals surface area contributed by atoms with E-state index < -0.39 is 16.9 Å². The second-order valence-corrected chi connectivity index (χ2v) is 7.01. The molecular formula is C20H20N4O5. The minimum Gasteiger partial charge on any atom is -0.477 e. The van der Waals surface area contributed by atoms with Crippen LogP contribution in [0.15, 0.2) is 42.5 Å². The minimum absolute atomic E-state index is 0.00535. The second-order valence-electron chi connectivity index (χ2n) is 7.01. The lowest BCUT2D eigenvalue weighted by Gasteiger charge is -2.34. The third-order valence-electron chi connectivity index (χ3n) is 4.94. The topological polar surface area (TPSA) is 114 Å². The molecule has 1 heterocycles. The Bertz CT molecular complexity index is 989. The van der Waals surface area contributed by atoms with Crippen LogP contribution >= 0.6 is 0 Å². The number of nitrogens with zero attached hydrogens (tertiary/aromatic N) is 2. The molecule has 2 amide bonds. The molecule has 0 aromatic heterocycles. The number of carbonyl (C=O) groups is 2. The average Bonchev–Trinajstić information content (AvgIpc) is 3.56. The van der Waals surface area contributed by atoms with Gasteiger partial charge >= 0.3 is 0 Å². The van der Waals surface area contributed by atoms with Crippen LogP contribution in [0.4, 0.5) is 17.1 Å². The fourth-order valence-electron chi connectivity index (χ4n) is 3.27. The summed E-state index contributed by atoms with van der Waals surface area (Å²) < 4.78 is 5.71. The van der Waals surface area contributed by atoms with E-state index in [1.54, 1.807) is 36.4 Å². The quantitative estimate of drug-likeness (QED) is 0.592. The van der Waals surface area contributed by atoms with E-state index in [2.05, 4.69) is 10.6 Å². The molecule has 0 radical (unpaired) electrons. The number of likely N-dealkylation sites (N-methyl/N-ethyl adjacent to an activating group) is 1. The summed E-state index contributed by atoms with van der Waals surface area (Å²) in [4.78, 5) is 37.8. The van der Waals surface area contributed by atoms with Gasteiger partial charge in [-0.1, -0.05) is 12.1 Å². The predicted molar refractivity (Wildman–Crippen MR) is 106 cm³/mol. The van der Waals surface area contributed by atoms with Crippen molar-refractivity contribution in [3.63, 3.8) is 0 Å². The zero-order valence-corrected chi connectivity index (χ0v) is 15.8. The van der Waals surface area contributed by atoms with E-state index in [0.717, 1.165) is 12.8 Å². The van der Waals surface area contributed by atoms with Gasteiger partial charge in [-0.2, -0.15) is 0 Å². The highest BCUT2D eigenvalue weighted by molar-refractivity contribution is 6.08. The lowest BCUT2D eigenvalue weighted by molar-refractivity contribution is -0.384. The van der Waals surface area contributed by atoms with Gasteiger partial charge < -0.3 is 20.3 Å². The Kier molecular flexibility index (Phi) is 4.79. The number of rotatable bonds is 5. The van der Waals surface area contributed by atoms with Crippen molar-refractivity contribution < 1.29 is 19.2 Å². The van der Waals surface area contributed by atoms with E-state index in [9.17, 15) is 19.7 Å². The molecule has 0 bridgehead atoms. The Balaban J connectivity index is 1.68. The molecule has 1 atom stereocenters. The van der Waals surface area contributed by atoms with Gasteiger partial charge in [-0.15, -0.1) is 0 Å². The van der Waals surface area contributed by atoms with Crippen LogP contribution in [0.5, 0.6) is 5.75 Å². The maximum atomic E-state index is 13.2. The van der Waals surface area contributed by atoms with E-state index in [4.69, 9.17) is 4.74 Å². The summed E-state index contributed by atoms with van der Waals surface area (Å²) in [5.74, 6) is -0.384. The molecule has 9 heteroatoms. The highest BCUT2D eigenvalue weighted by Gasteiger charge is 2.34. The third kappa shape index (κ3) is 3.71. The van der Waals surface area contributed by atoms with Crippen molar-refractivity contribution in [1.29, 1.82) is 0 Å². The summed E-state index contributed by atoms with van der Waals surface area (Å²) in [5, 5.41) is 17.2. The van der Waals surface area contributed by atoms with Gasteiger partial charge in [0.25, 0.3) is 17.5 Å². The number of carbonyl (C=O) groups excluding carboxylic acids is 2. The van der Waals surface area contributed by atoms with E-state index >= 15 is 0 Å². The number of anilines is 2. The molecule has 2 aromatic rings. The maximum absolute atomic E-state index is 13.2. The molecule has 2 N–H and O–H groups in total. The summed E-state index contributed by atoms with van der Waals surface area (Å²) in [5.41, 5.74) is 0.942. The second kappa shape index (κ2) is 7.42. The highest BCUT2D eigenvalue weighted by atomic mass is 16.6. The van der Waals surface area contributed by atoms with E-state index in [-0.39, 0.29) is 29.7 Å². The molecule has 1 aliphatic heterocycles. The van der Waals surface area contributed by atoms with E-state index in [0.29, 0.717) is 17.1 Å². The normalized spacial score (nSPS) is 17.7. The molecule has 150 valence electrons. The molecule has 4 rings (SSSR count). The van der Waals surface area contributed by atoms with Crippen LogP contribution in [0.25, 0.3) is 0 Å². The van der Waals surface area contributed by atoms with Crippen LogP contribution in [0.3, 0.4) is 0 Å². The van der Waals surface area contributed by atoms with Gasteiger partial charge in [-0.3, -0.25) is 19.7 Å². The summed E-state index contributed by atoms with van der Waals surface area (Å²) in [6.45, 7) is 0.00535.